The number of esters is 1. The van der Waals surface area contributed by atoms with Crippen molar-refractivity contribution in [3.63, 3.8) is 0 Å². The Hall–Kier alpha value is -0.620. The second-order valence-corrected chi connectivity index (χ2v) is 7.92. The lowest BCUT2D eigenvalue weighted by atomic mass is 10.1. The van der Waals surface area contributed by atoms with E-state index in [0.717, 1.165) is 6.42 Å². The molecule has 0 spiro atoms. The van der Waals surface area contributed by atoms with Gasteiger partial charge in [-0.15, -0.1) is 0 Å². The number of carbonyl (C=O) groups excluding carboxylic acids is 1. The summed E-state index contributed by atoms with van der Waals surface area (Å²) in [7, 11) is -3.44. The molecule has 19 heavy (non-hydrogen) atoms. The highest BCUT2D eigenvalue weighted by molar-refractivity contribution is 7.89. The van der Waals surface area contributed by atoms with E-state index in [4.69, 9.17) is 4.74 Å². The molecule has 0 heterocycles. The minimum atomic E-state index is -3.44. The third kappa shape index (κ3) is 8.21. The molecule has 0 aromatic heterocycles. The Morgan fingerprint density at radius 3 is 2.16 bits per heavy atom. The molecule has 0 fully saturated rings. The van der Waals surface area contributed by atoms with Gasteiger partial charge in [0, 0.05) is 0 Å². The molecule has 0 aromatic rings. The molecule has 0 rings (SSSR count). The number of unbranched alkanes of at least 4 members (excludes halogenated alkanes) is 1. The van der Waals surface area contributed by atoms with Gasteiger partial charge in [0.05, 0.1) is 5.75 Å². The molecule has 0 aliphatic carbocycles. The number of ether oxygens (including phenoxy) is 1. The van der Waals surface area contributed by atoms with E-state index in [1.807, 2.05) is 6.92 Å². The van der Waals surface area contributed by atoms with Gasteiger partial charge in [0.2, 0.25) is 10.0 Å². The molecule has 0 aromatic carbocycles. The molecule has 6 heteroatoms. The van der Waals surface area contributed by atoms with E-state index < -0.39 is 27.6 Å². The minimum absolute atomic E-state index is 0.0372. The van der Waals surface area contributed by atoms with Gasteiger partial charge >= 0.3 is 5.97 Å². The van der Waals surface area contributed by atoms with Crippen molar-refractivity contribution in [2.45, 2.75) is 66.0 Å². The molecule has 0 aliphatic rings. The van der Waals surface area contributed by atoms with E-state index in [2.05, 4.69) is 4.72 Å². The summed E-state index contributed by atoms with van der Waals surface area (Å²) in [6.07, 6.45) is 1.37. The molecule has 0 saturated heterocycles. The lowest BCUT2D eigenvalue weighted by Gasteiger charge is -2.26. The second kappa shape index (κ2) is 7.24. The topological polar surface area (TPSA) is 72.5 Å². The Kier molecular flexibility index (Phi) is 7.00. The summed E-state index contributed by atoms with van der Waals surface area (Å²) in [6.45, 7) is 10.8. The molecule has 0 unspecified atom stereocenters. The highest BCUT2D eigenvalue weighted by Gasteiger charge is 2.31. The molecule has 114 valence electrons. The van der Waals surface area contributed by atoms with Crippen LogP contribution < -0.4 is 4.72 Å². The Labute approximate surface area is 117 Å². The van der Waals surface area contributed by atoms with Crippen LogP contribution in [-0.4, -0.2) is 31.8 Å². The highest BCUT2D eigenvalue weighted by atomic mass is 32.2. The quantitative estimate of drug-likeness (QED) is 0.729. The lowest BCUT2D eigenvalue weighted by Crippen LogP contribution is -2.47. The van der Waals surface area contributed by atoms with Crippen LogP contribution in [0.2, 0.25) is 0 Å². The zero-order valence-corrected chi connectivity index (χ0v) is 13.6. The number of nitrogens with one attached hydrogen (secondary N) is 1. The summed E-state index contributed by atoms with van der Waals surface area (Å²) >= 11 is 0. The molecule has 0 bridgehead atoms. The summed E-state index contributed by atoms with van der Waals surface area (Å²) in [5.41, 5.74) is -0.626. The van der Waals surface area contributed by atoms with Crippen molar-refractivity contribution in [3.05, 3.63) is 0 Å². The van der Waals surface area contributed by atoms with Gasteiger partial charge in [-0.25, -0.2) is 13.1 Å². The average Bonchev–Trinajstić information content (AvgIpc) is 2.20. The van der Waals surface area contributed by atoms with Gasteiger partial charge in [-0.3, -0.25) is 4.79 Å². The van der Waals surface area contributed by atoms with Gasteiger partial charge < -0.3 is 4.74 Å². The van der Waals surface area contributed by atoms with E-state index in [9.17, 15) is 13.2 Å². The van der Waals surface area contributed by atoms with Crippen LogP contribution >= 0.6 is 0 Å². The van der Waals surface area contributed by atoms with Crippen molar-refractivity contribution in [2.24, 2.45) is 5.92 Å². The Balaban J connectivity index is 4.80. The molecule has 0 aliphatic heterocycles. The molecule has 0 radical (unpaired) electrons. The standard InChI is InChI=1S/C13H27NO4S/c1-7-8-9-19(16,17)14-11(10(2)3)12(15)18-13(4,5)6/h10-11,14H,7-9H2,1-6H3/t11-/m0/s1. The first-order chi connectivity index (χ1) is 8.48. The van der Waals surface area contributed by atoms with Crippen LogP contribution in [0.15, 0.2) is 0 Å². The number of hydrogen-bond acceptors (Lipinski definition) is 4. The summed E-state index contributed by atoms with van der Waals surface area (Å²) < 4.78 is 31.4. The van der Waals surface area contributed by atoms with Crippen LogP contribution in [0, 0.1) is 5.92 Å². The first-order valence-corrected chi connectivity index (χ1v) is 8.36. The van der Waals surface area contributed by atoms with Crippen molar-refractivity contribution in [1.82, 2.24) is 4.72 Å². The summed E-state index contributed by atoms with van der Waals surface area (Å²) in [5, 5.41) is 0. The van der Waals surface area contributed by atoms with Crippen molar-refractivity contribution in [2.75, 3.05) is 5.75 Å². The molecule has 0 amide bonds. The van der Waals surface area contributed by atoms with Crippen LogP contribution in [0.5, 0.6) is 0 Å². The maximum absolute atomic E-state index is 12.0. The van der Waals surface area contributed by atoms with Gasteiger partial charge in [0.15, 0.2) is 0 Å². The minimum Gasteiger partial charge on any atom is -0.459 e. The van der Waals surface area contributed by atoms with Crippen molar-refractivity contribution in [1.29, 1.82) is 0 Å². The zero-order valence-electron chi connectivity index (χ0n) is 12.8. The van der Waals surface area contributed by atoms with E-state index in [0.29, 0.717) is 6.42 Å². The fraction of sp³-hybridized carbons (Fsp3) is 0.923. The van der Waals surface area contributed by atoms with Crippen LogP contribution in [-0.2, 0) is 19.6 Å². The van der Waals surface area contributed by atoms with Gasteiger partial charge in [-0.05, 0) is 33.1 Å². The molecule has 5 nitrogen and oxygen atoms in total. The molecule has 1 N–H and O–H groups in total. The molecular weight excluding hydrogens is 266 g/mol. The Morgan fingerprint density at radius 2 is 1.79 bits per heavy atom. The third-order valence-electron chi connectivity index (χ3n) is 2.40. The van der Waals surface area contributed by atoms with Crippen LogP contribution in [0.25, 0.3) is 0 Å². The second-order valence-electron chi connectivity index (χ2n) is 6.05. The van der Waals surface area contributed by atoms with Crippen molar-refractivity contribution < 1.29 is 17.9 Å². The first-order valence-electron chi connectivity index (χ1n) is 6.71. The highest BCUT2D eigenvalue weighted by Crippen LogP contribution is 2.13. The van der Waals surface area contributed by atoms with Crippen LogP contribution in [0.3, 0.4) is 0 Å². The number of carbonyl (C=O) groups is 1. The van der Waals surface area contributed by atoms with Gasteiger partial charge in [-0.1, -0.05) is 27.2 Å². The fourth-order valence-electron chi connectivity index (χ4n) is 1.41. The summed E-state index contributed by atoms with van der Waals surface area (Å²) in [6, 6.07) is -0.832. The normalized spacial score (nSPS) is 14.5. The number of hydrogen-bond donors (Lipinski definition) is 1. The molecule has 1 atom stereocenters. The van der Waals surface area contributed by atoms with E-state index in [1.54, 1.807) is 34.6 Å². The lowest BCUT2D eigenvalue weighted by molar-refractivity contribution is -0.158. The fourth-order valence-corrected chi connectivity index (χ4v) is 2.95. The Bertz CT molecular complexity index is 382. The SMILES string of the molecule is CCCCS(=O)(=O)N[C@H](C(=O)OC(C)(C)C)C(C)C. The van der Waals surface area contributed by atoms with E-state index in [1.165, 1.54) is 0 Å². The zero-order chi connectivity index (χ0) is 15.3. The van der Waals surface area contributed by atoms with E-state index in [-0.39, 0.29) is 11.7 Å². The van der Waals surface area contributed by atoms with Crippen molar-refractivity contribution in [3.8, 4) is 0 Å². The first kappa shape index (κ1) is 18.4. The predicted molar refractivity (Wildman–Crippen MR) is 76.3 cm³/mol. The van der Waals surface area contributed by atoms with E-state index >= 15 is 0 Å². The van der Waals surface area contributed by atoms with Gasteiger partial charge in [0.25, 0.3) is 0 Å². The molecular formula is C13H27NO4S. The molecule has 0 saturated carbocycles. The smallest absolute Gasteiger partial charge is 0.324 e. The number of sulfonamides is 1. The largest absolute Gasteiger partial charge is 0.459 e. The summed E-state index contributed by atoms with van der Waals surface area (Å²) in [5.74, 6) is -0.649. The Morgan fingerprint density at radius 1 is 1.26 bits per heavy atom. The van der Waals surface area contributed by atoms with Gasteiger partial charge in [0.1, 0.15) is 11.6 Å². The third-order valence-corrected chi connectivity index (χ3v) is 3.84. The summed E-state index contributed by atoms with van der Waals surface area (Å²) in [4.78, 5) is 12.0. The maximum atomic E-state index is 12.0. The maximum Gasteiger partial charge on any atom is 0.324 e. The monoisotopic (exact) mass is 293 g/mol. The van der Waals surface area contributed by atoms with Crippen molar-refractivity contribution >= 4 is 16.0 Å². The predicted octanol–water partition coefficient (Wildman–Crippen LogP) is 2.07. The average molecular weight is 293 g/mol. The van der Waals surface area contributed by atoms with Crippen LogP contribution in [0.1, 0.15) is 54.4 Å². The van der Waals surface area contributed by atoms with Crippen LogP contribution in [0.4, 0.5) is 0 Å². The van der Waals surface area contributed by atoms with Gasteiger partial charge in [-0.2, -0.15) is 0 Å². The number of rotatable bonds is 7.